The molecule has 0 bridgehead atoms. The summed E-state index contributed by atoms with van der Waals surface area (Å²) in [5, 5.41) is 19.2. The molecule has 2 N–H and O–H groups in total. The summed E-state index contributed by atoms with van der Waals surface area (Å²) in [7, 11) is 0. The van der Waals surface area contributed by atoms with Crippen LogP contribution in [0.1, 0.15) is 23.7 Å². The van der Waals surface area contributed by atoms with Gasteiger partial charge in [-0.25, -0.2) is 4.39 Å². The van der Waals surface area contributed by atoms with Gasteiger partial charge in [0.2, 0.25) is 0 Å². The third kappa shape index (κ3) is 2.91. The van der Waals surface area contributed by atoms with Gasteiger partial charge in [0.1, 0.15) is 11.9 Å². The smallest absolute Gasteiger partial charge is 0.132 e. The van der Waals surface area contributed by atoms with E-state index in [1.807, 2.05) is 0 Å². The van der Waals surface area contributed by atoms with Gasteiger partial charge in [0.25, 0.3) is 0 Å². The first-order valence-electron chi connectivity index (χ1n) is 4.75. The normalized spacial score (nSPS) is 15.0. The van der Waals surface area contributed by atoms with E-state index in [1.165, 1.54) is 6.07 Å². The second-order valence-corrected chi connectivity index (χ2v) is 3.85. The van der Waals surface area contributed by atoms with Crippen LogP contribution in [0.5, 0.6) is 0 Å². The summed E-state index contributed by atoms with van der Waals surface area (Å²) < 4.78 is 13.5. The van der Waals surface area contributed by atoms with Crippen LogP contribution < -0.4 is 0 Å². The molecular weight excluding hydrogens is 219 g/mol. The number of benzene rings is 1. The van der Waals surface area contributed by atoms with Crippen molar-refractivity contribution in [1.82, 2.24) is 0 Å². The maximum Gasteiger partial charge on any atom is 0.132 e. The first-order valence-corrected chi connectivity index (χ1v) is 5.28. The molecule has 1 rings (SSSR count). The molecule has 0 aliphatic carbocycles. The van der Waals surface area contributed by atoms with E-state index in [0.29, 0.717) is 5.56 Å². The lowest BCUT2D eigenvalue weighted by molar-refractivity contribution is 0.0148. The Morgan fingerprint density at radius 2 is 2.07 bits per heavy atom. The van der Waals surface area contributed by atoms with Gasteiger partial charge >= 0.3 is 0 Å². The van der Waals surface area contributed by atoms with Gasteiger partial charge in [0, 0.05) is 11.4 Å². The molecule has 0 aromatic heterocycles. The van der Waals surface area contributed by atoms with Gasteiger partial charge in [-0.2, -0.15) is 0 Å². The van der Waals surface area contributed by atoms with Crippen LogP contribution in [0.4, 0.5) is 4.39 Å². The molecule has 4 heteroatoms. The van der Waals surface area contributed by atoms with E-state index >= 15 is 0 Å². The molecule has 84 valence electrons. The van der Waals surface area contributed by atoms with Crippen LogP contribution in [0.2, 0.25) is 0 Å². The van der Waals surface area contributed by atoms with Crippen LogP contribution in [0, 0.1) is 12.7 Å². The van der Waals surface area contributed by atoms with Crippen molar-refractivity contribution in [1.29, 1.82) is 0 Å². The molecule has 0 saturated heterocycles. The van der Waals surface area contributed by atoms with Crippen molar-refractivity contribution in [2.24, 2.45) is 0 Å². The van der Waals surface area contributed by atoms with E-state index < -0.39 is 18.0 Å². The monoisotopic (exact) mass is 232 g/mol. The van der Waals surface area contributed by atoms with Crippen LogP contribution in [0.15, 0.2) is 18.2 Å². The van der Waals surface area contributed by atoms with Crippen molar-refractivity contribution in [2.45, 2.75) is 25.6 Å². The standard InChI is InChI=1S/C11H14ClFO2/c1-7-3-2-4-8(10(7)13)11(15)9(14)5-6-12/h2-4,9,11,14-15H,5-6H2,1H3. The lowest BCUT2D eigenvalue weighted by Gasteiger charge is -2.18. The summed E-state index contributed by atoms with van der Waals surface area (Å²) >= 11 is 5.43. The Morgan fingerprint density at radius 3 is 2.67 bits per heavy atom. The van der Waals surface area contributed by atoms with E-state index in [1.54, 1.807) is 19.1 Å². The lowest BCUT2D eigenvalue weighted by atomic mass is 10.00. The van der Waals surface area contributed by atoms with Crippen molar-refractivity contribution < 1.29 is 14.6 Å². The molecule has 0 amide bonds. The number of aliphatic hydroxyl groups excluding tert-OH is 2. The van der Waals surface area contributed by atoms with E-state index in [4.69, 9.17) is 11.6 Å². The topological polar surface area (TPSA) is 40.5 Å². The molecule has 0 heterocycles. The predicted octanol–water partition coefficient (Wildman–Crippen LogP) is 2.16. The third-order valence-corrected chi connectivity index (χ3v) is 2.53. The first-order chi connectivity index (χ1) is 7.07. The molecule has 0 saturated carbocycles. The summed E-state index contributed by atoms with van der Waals surface area (Å²) in [4.78, 5) is 0. The Bertz CT molecular complexity index is 330. The molecule has 2 nitrogen and oxygen atoms in total. The number of hydrogen-bond donors (Lipinski definition) is 2. The highest BCUT2D eigenvalue weighted by molar-refractivity contribution is 6.17. The van der Waals surface area contributed by atoms with Gasteiger partial charge in [-0.1, -0.05) is 18.2 Å². The number of aryl methyl sites for hydroxylation is 1. The van der Waals surface area contributed by atoms with Gasteiger partial charge in [0.05, 0.1) is 6.10 Å². The van der Waals surface area contributed by atoms with Crippen LogP contribution in [0.25, 0.3) is 0 Å². The minimum Gasteiger partial charge on any atom is -0.390 e. The maximum atomic E-state index is 13.5. The minimum atomic E-state index is -1.22. The predicted molar refractivity (Wildman–Crippen MR) is 57.4 cm³/mol. The van der Waals surface area contributed by atoms with Crippen molar-refractivity contribution >= 4 is 11.6 Å². The van der Waals surface area contributed by atoms with Crippen LogP contribution in [-0.2, 0) is 0 Å². The molecule has 15 heavy (non-hydrogen) atoms. The van der Waals surface area contributed by atoms with E-state index in [0.717, 1.165) is 0 Å². The average molecular weight is 233 g/mol. The van der Waals surface area contributed by atoms with Crippen LogP contribution in [0.3, 0.4) is 0 Å². The SMILES string of the molecule is Cc1cccc(C(O)C(O)CCCl)c1F. The van der Waals surface area contributed by atoms with Crippen molar-refractivity contribution in [3.8, 4) is 0 Å². The van der Waals surface area contributed by atoms with Gasteiger partial charge < -0.3 is 10.2 Å². The molecule has 0 aliphatic heterocycles. The molecular formula is C11H14ClFO2. The van der Waals surface area contributed by atoms with E-state index in [2.05, 4.69) is 0 Å². The van der Waals surface area contributed by atoms with Crippen molar-refractivity contribution in [3.63, 3.8) is 0 Å². The molecule has 0 fully saturated rings. The average Bonchev–Trinajstić information content (AvgIpc) is 2.21. The highest BCUT2D eigenvalue weighted by Gasteiger charge is 2.21. The quantitative estimate of drug-likeness (QED) is 0.781. The lowest BCUT2D eigenvalue weighted by Crippen LogP contribution is -2.20. The highest BCUT2D eigenvalue weighted by atomic mass is 35.5. The Hall–Kier alpha value is -0.640. The molecule has 0 radical (unpaired) electrons. The molecule has 0 spiro atoms. The third-order valence-electron chi connectivity index (χ3n) is 2.31. The zero-order valence-corrected chi connectivity index (χ0v) is 9.21. The van der Waals surface area contributed by atoms with Crippen LogP contribution in [-0.4, -0.2) is 22.2 Å². The fraction of sp³-hybridized carbons (Fsp3) is 0.455. The summed E-state index contributed by atoms with van der Waals surface area (Å²) in [5.41, 5.74) is 0.567. The van der Waals surface area contributed by atoms with Crippen molar-refractivity contribution in [3.05, 3.63) is 35.1 Å². The number of halogens is 2. The number of rotatable bonds is 4. The second-order valence-electron chi connectivity index (χ2n) is 3.47. The number of alkyl halides is 1. The number of hydrogen-bond acceptors (Lipinski definition) is 2. The van der Waals surface area contributed by atoms with E-state index in [-0.39, 0.29) is 17.9 Å². The molecule has 1 aromatic carbocycles. The summed E-state index contributed by atoms with van der Waals surface area (Å²) in [5.74, 6) is -0.246. The number of aliphatic hydroxyl groups is 2. The second kappa shape index (κ2) is 5.45. The van der Waals surface area contributed by atoms with Gasteiger partial charge in [-0.3, -0.25) is 0 Å². The fourth-order valence-electron chi connectivity index (χ4n) is 1.38. The fourth-order valence-corrected chi connectivity index (χ4v) is 1.60. The summed E-state index contributed by atoms with van der Waals surface area (Å²) in [6.07, 6.45) is -2.02. The zero-order valence-electron chi connectivity index (χ0n) is 8.45. The van der Waals surface area contributed by atoms with Gasteiger partial charge in [-0.05, 0) is 18.9 Å². The minimum absolute atomic E-state index is 0.118. The Kier molecular flexibility index (Phi) is 4.51. The van der Waals surface area contributed by atoms with Gasteiger partial charge in [-0.15, -0.1) is 11.6 Å². The first kappa shape index (κ1) is 12.4. The maximum absolute atomic E-state index is 13.5. The van der Waals surface area contributed by atoms with Crippen molar-refractivity contribution in [2.75, 3.05) is 5.88 Å². The molecule has 0 aliphatic rings. The Morgan fingerprint density at radius 1 is 1.40 bits per heavy atom. The van der Waals surface area contributed by atoms with Crippen LogP contribution >= 0.6 is 11.6 Å². The van der Waals surface area contributed by atoms with E-state index in [9.17, 15) is 14.6 Å². The summed E-state index contributed by atoms with van der Waals surface area (Å²) in [6, 6.07) is 4.72. The Balaban J connectivity index is 2.90. The molecule has 2 atom stereocenters. The Labute approximate surface area is 93.3 Å². The summed E-state index contributed by atoms with van der Waals surface area (Å²) in [6.45, 7) is 1.61. The molecule has 2 unspecified atom stereocenters. The highest BCUT2D eigenvalue weighted by Crippen LogP contribution is 2.23. The molecule has 1 aromatic rings. The van der Waals surface area contributed by atoms with Gasteiger partial charge in [0.15, 0.2) is 0 Å². The zero-order chi connectivity index (χ0) is 11.4. The largest absolute Gasteiger partial charge is 0.390 e.